The Morgan fingerprint density at radius 2 is 0.800 bits per heavy atom. The van der Waals surface area contributed by atoms with Crippen LogP contribution in [0.15, 0.2) is 76.7 Å². The summed E-state index contributed by atoms with van der Waals surface area (Å²) in [6, 6.07) is 12.3. The van der Waals surface area contributed by atoms with Crippen molar-refractivity contribution >= 4 is 143 Å². The van der Waals surface area contributed by atoms with Gasteiger partial charge in [-0.3, -0.25) is 0 Å². The van der Waals surface area contributed by atoms with Crippen molar-refractivity contribution < 1.29 is 0 Å². The first-order chi connectivity index (χ1) is 13.8. The molecule has 0 aliphatic heterocycles. The fraction of sp³-hybridized carbons (Fsp3) is 0.143. The van der Waals surface area contributed by atoms with Gasteiger partial charge in [-0.15, -0.1) is 0 Å². The predicted octanol–water partition coefficient (Wildman–Crippen LogP) is 12.8. The summed E-state index contributed by atoms with van der Waals surface area (Å²) in [5.74, 6) is 0. The third-order valence-corrected chi connectivity index (χ3v) is 11.5. The molecule has 0 aliphatic rings. The second kappa shape index (κ2) is 14.4. The molecule has 3 aromatic carbocycles. The lowest BCUT2D eigenvalue weighted by Gasteiger charge is -2.00. The molecule has 0 radical (unpaired) electrons. The number of hydrogen-bond donors (Lipinski definition) is 0. The highest BCUT2D eigenvalue weighted by Gasteiger charge is 2.02. The van der Waals surface area contributed by atoms with Gasteiger partial charge in [0.2, 0.25) is 0 Å². The molecule has 0 N–H and O–H groups in total. The molecule has 0 saturated carbocycles. The third-order valence-electron chi connectivity index (χ3n) is 3.55. The van der Waals surface area contributed by atoms with Crippen molar-refractivity contribution in [1.29, 1.82) is 0 Å². The van der Waals surface area contributed by atoms with Crippen LogP contribution < -0.4 is 0 Å². The summed E-state index contributed by atoms with van der Waals surface area (Å²) in [6.45, 7) is 6.17. The second-order valence-corrected chi connectivity index (χ2v) is 13.7. The van der Waals surface area contributed by atoms with Crippen LogP contribution in [0.25, 0.3) is 0 Å². The van der Waals surface area contributed by atoms with Gasteiger partial charge in [0.15, 0.2) is 0 Å². The van der Waals surface area contributed by atoms with E-state index in [-0.39, 0.29) is 0 Å². The summed E-state index contributed by atoms with van der Waals surface area (Å²) in [5.41, 5.74) is 3.69. The van der Waals surface area contributed by atoms with Gasteiger partial charge in [-0.25, -0.2) is 0 Å². The Hall–Kier alpha value is 1.98. The fourth-order valence-corrected chi connectivity index (χ4v) is 7.55. The Morgan fingerprint density at radius 3 is 1.23 bits per heavy atom. The van der Waals surface area contributed by atoms with Crippen LogP contribution in [-0.4, -0.2) is 0 Å². The van der Waals surface area contributed by atoms with Crippen molar-refractivity contribution in [1.82, 2.24) is 0 Å². The summed E-state index contributed by atoms with van der Waals surface area (Å²) < 4.78 is 9.85. The molecule has 0 atom stereocenters. The van der Waals surface area contributed by atoms with Gasteiger partial charge in [0, 0.05) is 40.3 Å². The van der Waals surface area contributed by atoms with Gasteiger partial charge in [-0.05, 0) is 154 Å². The zero-order valence-corrected chi connectivity index (χ0v) is 30.1. The lowest BCUT2D eigenvalue weighted by molar-refractivity contribution is 1.38. The largest absolute Gasteiger partial charge is 0.0508 e. The normalized spacial score (nSPS) is 10.0. The molecule has 0 unspecified atom stereocenters. The molecule has 162 valence electrons. The monoisotopic (exact) mass is 977 g/mol. The molecule has 0 heterocycles. The average Bonchev–Trinajstić information content (AvgIpc) is 2.63. The van der Waals surface area contributed by atoms with E-state index in [4.69, 9.17) is 0 Å². The van der Waals surface area contributed by atoms with Gasteiger partial charge < -0.3 is 0 Å². The number of benzene rings is 3. The topological polar surface area (TPSA) is 0 Å². The molecule has 0 nitrogen and oxygen atoms in total. The van der Waals surface area contributed by atoms with Crippen LogP contribution in [0.4, 0.5) is 0 Å². The van der Waals surface area contributed by atoms with E-state index in [1.807, 2.05) is 18.2 Å². The molecule has 0 saturated heterocycles. The molecule has 0 aromatic heterocycles. The first-order valence-electron chi connectivity index (χ1n) is 8.16. The lowest BCUT2D eigenvalue weighted by atomic mass is 10.2. The molecular formula is C21H15Br9. The molecule has 0 fully saturated rings. The number of hydrogen-bond acceptors (Lipinski definition) is 0. The maximum absolute atomic E-state index is 3.45. The summed E-state index contributed by atoms with van der Waals surface area (Å²) in [5, 5.41) is 0. The van der Waals surface area contributed by atoms with Crippen LogP contribution in [0.3, 0.4) is 0 Å². The van der Waals surface area contributed by atoms with Gasteiger partial charge in [0.25, 0.3) is 0 Å². The average molecular weight is 986 g/mol. The molecule has 3 rings (SSSR count). The minimum absolute atomic E-state index is 1.07. The van der Waals surface area contributed by atoms with Gasteiger partial charge in [-0.1, -0.05) is 63.7 Å². The Labute approximate surface area is 253 Å². The van der Waals surface area contributed by atoms with Crippen LogP contribution in [0.5, 0.6) is 0 Å². The molecule has 30 heavy (non-hydrogen) atoms. The quantitative estimate of drug-likeness (QED) is 0.156. The smallest absolute Gasteiger partial charge is 0.0459 e. The molecule has 0 amide bonds. The Morgan fingerprint density at radius 1 is 0.433 bits per heavy atom. The highest BCUT2D eigenvalue weighted by atomic mass is 79.9. The van der Waals surface area contributed by atoms with Crippen molar-refractivity contribution in [3.05, 3.63) is 93.3 Å². The first kappa shape index (κ1) is 30.0. The van der Waals surface area contributed by atoms with E-state index >= 15 is 0 Å². The van der Waals surface area contributed by atoms with Crippen molar-refractivity contribution in [2.75, 3.05) is 0 Å². The van der Waals surface area contributed by atoms with E-state index in [1.165, 1.54) is 16.7 Å². The second-order valence-electron chi connectivity index (χ2n) is 6.06. The molecule has 0 bridgehead atoms. The van der Waals surface area contributed by atoms with Crippen molar-refractivity contribution in [2.24, 2.45) is 0 Å². The van der Waals surface area contributed by atoms with Crippen LogP contribution in [0.1, 0.15) is 16.7 Å². The van der Waals surface area contributed by atoms with E-state index in [1.54, 1.807) is 0 Å². The van der Waals surface area contributed by atoms with Crippen LogP contribution >= 0.6 is 143 Å². The highest BCUT2D eigenvalue weighted by Crippen LogP contribution is 2.32. The molecule has 0 spiro atoms. The Balaban J connectivity index is 0.000000225. The maximum atomic E-state index is 3.45. The zero-order chi connectivity index (χ0) is 23.2. The number of aryl methyl sites for hydroxylation is 2. The van der Waals surface area contributed by atoms with Crippen molar-refractivity contribution in [3.8, 4) is 0 Å². The summed E-state index contributed by atoms with van der Waals surface area (Å²) in [7, 11) is 0. The van der Waals surface area contributed by atoms with Crippen molar-refractivity contribution in [3.63, 3.8) is 0 Å². The minimum Gasteiger partial charge on any atom is -0.0508 e. The molecule has 9 heteroatoms. The van der Waals surface area contributed by atoms with E-state index in [9.17, 15) is 0 Å². The Kier molecular flexibility index (Phi) is 14.4. The van der Waals surface area contributed by atoms with E-state index in [0.717, 1.165) is 40.3 Å². The van der Waals surface area contributed by atoms with E-state index in [0.29, 0.717) is 0 Å². The number of rotatable bonds is 0. The zero-order valence-electron chi connectivity index (χ0n) is 15.9. The number of halogens is 9. The standard InChI is InChI=1S/3C7H5Br3/c1-4-6(9)2-5(8)3-7(4)10;1-4-2-5(8)3-6(9)7(4)10;1-4-2-5(8)7(10)6(9)3-4/h3*2-3H,1H3. The molecular weight excluding hydrogens is 971 g/mol. The minimum atomic E-state index is 1.07. The van der Waals surface area contributed by atoms with Crippen molar-refractivity contribution in [2.45, 2.75) is 20.8 Å². The molecule has 0 aliphatic carbocycles. The fourth-order valence-electron chi connectivity index (χ4n) is 1.98. The van der Waals surface area contributed by atoms with Crippen LogP contribution in [-0.2, 0) is 0 Å². The molecule has 3 aromatic rings. The SMILES string of the molecule is Cc1c(Br)cc(Br)cc1Br.Cc1cc(Br)c(Br)c(Br)c1.Cc1cc(Br)cc(Br)c1Br. The maximum Gasteiger partial charge on any atom is 0.0459 e. The lowest BCUT2D eigenvalue weighted by Crippen LogP contribution is -1.77. The van der Waals surface area contributed by atoms with E-state index < -0.39 is 0 Å². The predicted molar refractivity (Wildman–Crippen MR) is 163 cm³/mol. The Bertz CT molecular complexity index is 828. The van der Waals surface area contributed by atoms with Gasteiger partial charge in [-0.2, -0.15) is 0 Å². The van der Waals surface area contributed by atoms with Gasteiger partial charge in [0.1, 0.15) is 0 Å². The third kappa shape index (κ3) is 10.1. The first-order valence-corrected chi connectivity index (χ1v) is 15.3. The van der Waals surface area contributed by atoms with Gasteiger partial charge in [0.05, 0.1) is 0 Å². The summed E-state index contributed by atoms with van der Waals surface area (Å²) >= 11 is 30.8. The summed E-state index contributed by atoms with van der Waals surface area (Å²) in [4.78, 5) is 0. The highest BCUT2D eigenvalue weighted by molar-refractivity contribution is 9.14. The van der Waals surface area contributed by atoms with Crippen LogP contribution in [0, 0.1) is 20.8 Å². The van der Waals surface area contributed by atoms with E-state index in [2.05, 4.69) is 182 Å². The van der Waals surface area contributed by atoms with Crippen LogP contribution in [0.2, 0.25) is 0 Å². The van der Waals surface area contributed by atoms with Gasteiger partial charge >= 0.3 is 0 Å². The summed E-state index contributed by atoms with van der Waals surface area (Å²) in [6.07, 6.45) is 0.